The standard InChI is InChI=1S/C22H47N3O2/c1-2-3-4-5-6-7-8-9-10-11-12-13-14-15-19-25(21-22(26)27)20-18-24-17-16-23/h24H,2-21,23H2,1H3,(H,26,27). The molecule has 0 radical (unpaired) electrons. The number of nitrogens with two attached hydrogens (primary N) is 1. The quantitative estimate of drug-likeness (QED) is 0.241. The summed E-state index contributed by atoms with van der Waals surface area (Å²) in [6, 6.07) is 0. The summed E-state index contributed by atoms with van der Waals surface area (Å²) >= 11 is 0. The van der Waals surface area contributed by atoms with E-state index in [1.807, 2.05) is 4.90 Å². The zero-order valence-corrected chi connectivity index (χ0v) is 18.0. The third-order valence-electron chi connectivity index (χ3n) is 5.11. The fourth-order valence-electron chi connectivity index (χ4n) is 3.46. The molecule has 0 aliphatic carbocycles. The topological polar surface area (TPSA) is 78.6 Å². The first-order chi connectivity index (χ1) is 13.2. The Labute approximate surface area is 168 Å². The largest absolute Gasteiger partial charge is 0.480 e. The molecule has 0 aliphatic rings. The highest BCUT2D eigenvalue weighted by atomic mass is 16.4. The lowest BCUT2D eigenvalue weighted by atomic mass is 10.0. The summed E-state index contributed by atoms with van der Waals surface area (Å²) < 4.78 is 0. The number of nitrogens with zero attached hydrogens (tertiary/aromatic N) is 1. The number of aliphatic carboxylic acids is 1. The summed E-state index contributed by atoms with van der Waals surface area (Å²) in [5, 5.41) is 12.3. The van der Waals surface area contributed by atoms with Gasteiger partial charge in [-0.05, 0) is 13.0 Å². The Kier molecular flexibility index (Phi) is 21.1. The van der Waals surface area contributed by atoms with E-state index in [-0.39, 0.29) is 6.54 Å². The number of carbonyl (C=O) groups is 1. The van der Waals surface area contributed by atoms with Gasteiger partial charge < -0.3 is 16.2 Å². The van der Waals surface area contributed by atoms with Crippen molar-refractivity contribution in [2.45, 2.75) is 96.8 Å². The average Bonchev–Trinajstić information content (AvgIpc) is 2.64. The molecule has 162 valence electrons. The molecule has 27 heavy (non-hydrogen) atoms. The van der Waals surface area contributed by atoms with E-state index in [9.17, 15) is 4.79 Å². The third kappa shape index (κ3) is 21.5. The van der Waals surface area contributed by atoms with Crippen LogP contribution in [-0.4, -0.2) is 55.2 Å². The summed E-state index contributed by atoms with van der Waals surface area (Å²) in [4.78, 5) is 13.0. The minimum absolute atomic E-state index is 0.142. The summed E-state index contributed by atoms with van der Waals surface area (Å²) in [7, 11) is 0. The van der Waals surface area contributed by atoms with E-state index < -0.39 is 5.97 Å². The van der Waals surface area contributed by atoms with Crippen LogP contribution in [0.25, 0.3) is 0 Å². The van der Waals surface area contributed by atoms with Gasteiger partial charge in [-0.25, -0.2) is 0 Å². The van der Waals surface area contributed by atoms with Crippen molar-refractivity contribution in [1.82, 2.24) is 10.2 Å². The Hall–Kier alpha value is -0.650. The first-order valence-corrected chi connectivity index (χ1v) is 11.6. The van der Waals surface area contributed by atoms with Crippen molar-refractivity contribution in [3.8, 4) is 0 Å². The molecule has 0 rings (SSSR count). The van der Waals surface area contributed by atoms with Crippen molar-refractivity contribution in [2.75, 3.05) is 39.3 Å². The maximum absolute atomic E-state index is 11.0. The van der Waals surface area contributed by atoms with E-state index in [4.69, 9.17) is 10.8 Å². The SMILES string of the molecule is CCCCCCCCCCCCCCCCN(CCNCCN)CC(=O)O. The molecule has 5 nitrogen and oxygen atoms in total. The molecular formula is C22H47N3O2. The van der Waals surface area contributed by atoms with Crippen molar-refractivity contribution in [1.29, 1.82) is 0 Å². The van der Waals surface area contributed by atoms with E-state index in [0.717, 1.165) is 32.6 Å². The fraction of sp³-hybridized carbons (Fsp3) is 0.955. The normalized spacial score (nSPS) is 11.4. The predicted molar refractivity (Wildman–Crippen MR) is 116 cm³/mol. The Bertz CT molecular complexity index is 314. The van der Waals surface area contributed by atoms with Crippen LogP contribution in [0.1, 0.15) is 96.8 Å². The molecule has 0 atom stereocenters. The molecule has 0 unspecified atom stereocenters. The molecule has 4 N–H and O–H groups in total. The summed E-state index contributed by atoms with van der Waals surface area (Å²) in [5.41, 5.74) is 5.45. The van der Waals surface area contributed by atoms with Crippen LogP contribution in [0.5, 0.6) is 0 Å². The van der Waals surface area contributed by atoms with Gasteiger partial charge in [0.15, 0.2) is 0 Å². The fourth-order valence-corrected chi connectivity index (χ4v) is 3.46. The number of unbranched alkanes of at least 4 members (excludes halogenated alkanes) is 13. The van der Waals surface area contributed by atoms with Gasteiger partial charge in [-0.3, -0.25) is 9.69 Å². The molecule has 0 bridgehead atoms. The number of hydrogen-bond acceptors (Lipinski definition) is 4. The second-order valence-electron chi connectivity index (χ2n) is 7.80. The van der Waals surface area contributed by atoms with Gasteiger partial charge in [0.2, 0.25) is 0 Å². The van der Waals surface area contributed by atoms with E-state index in [1.165, 1.54) is 83.5 Å². The zero-order valence-electron chi connectivity index (χ0n) is 18.0. The van der Waals surface area contributed by atoms with Crippen molar-refractivity contribution >= 4 is 5.97 Å². The molecule has 0 aromatic carbocycles. The van der Waals surface area contributed by atoms with Gasteiger partial charge in [-0.15, -0.1) is 0 Å². The van der Waals surface area contributed by atoms with Crippen LogP contribution in [0, 0.1) is 0 Å². The molecule has 0 saturated heterocycles. The third-order valence-corrected chi connectivity index (χ3v) is 5.11. The molecular weight excluding hydrogens is 338 g/mol. The Balaban J connectivity index is 3.41. The monoisotopic (exact) mass is 385 g/mol. The van der Waals surface area contributed by atoms with Crippen LogP contribution in [0.3, 0.4) is 0 Å². The maximum Gasteiger partial charge on any atom is 0.317 e. The van der Waals surface area contributed by atoms with Crippen LogP contribution >= 0.6 is 0 Å². The van der Waals surface area contributed by atoms with Crippen LogP contribution in [0.4, 0.5) is 0 Å². The highest BCUT2D eigenvalue weighted by Crippen LogP contribution is 2.13. The molecule has 0 aromatic heterocycles. The van der Waals surface area contributed by atoms with Crippen molar-refractivity contribution in [3.63, 3.8) is 0 Å². The Morgan fingerprint density at radius 2 is 1.26 bits per heavy atom. The zero-order chi connectivity index (χ0) is 20.0. The van der Waals surface area contributed by atoms with Gasteiger partial charge in [0.25, 0.3) is 0 Å². The summed E-state index contributed by atoms with van der Waals surface area (Å²) in [6.07, 6.45) is 18.9. The van der Waals surface area contributed by atoms with Gasteiger partial charge in [-0.2, -0.15) is 0 Å². The maximum atomic E-state index is 11.0. The molecule has 0 spiro atoms. The first-order valence-electron chi connectivity index (χ1n) is 11.6. The summed E-state index contributed by atoms with van der Waals surface area (Å²) in [6.45, 7) is 6.30. The second-order valence-corrected chi connectivity index (χ2v) is 7.80. The van der Waals surface area contributed by atoms with Crippen LogP contribution in [0.15, 0.2) is 0 Å². The molecule has 0 fully saturated rings. The van der Waals surface area contributed by atoms with E-state index in [1.54, 1.807) is 0 Å². The molecule has 5 heteroatoms. The Morgan fingerprint density at radius 1 is 0.778 bits per heavy atom. The lowest BCUT2D eigenvalue weighted by Gasteiger charge is -2.20. The van der Waals surface area contributed by atoms with E-state index in [0.29, 0.717) is 6.54 Å². The number of carboxylic acids is 1. The van der Waals surface area contributed by atoms with Gasteiger partial charge in [0.05, 0.1) is 6.54 Å². The molecule has 0 aromatic rings. The number of nitrogens with one attached hydrogen (secondary N) is 1. The van der Waals surface area contributed by atoms with Gasteiger partial charge >= 0.3 is 5.97 Å². The highest BCUT2D eigenvalue weighted by Gasteiger charge is 2.08. The van der Waals surface area contributed by atoms with Crippen molar-refractivity contribution in [3.05, 3.63) is 0 Å². The van der Waals surface area contributed by atoms with Crippen LogP contribution < -0.4 is 11.1 Å². The van der Waals surface area contributed by atoms with E-state index >= 15 is 0 Å². The molecule has 0 amide bonds. The van der Waals surface area contributed by atoms with Crippen LogP contribution in [-0.2, 0) is 4.79 Å². The van der Waals surface area contributed by atoms with Crippen molar-refractivity contribution < 1.29 is 9.90 Å². The molecule has 0 heterocycles. The molecule has 0 aliphatic heterocycles. The highest BCUT2D eigenvalue weighted by molar-refractivity contribution is 5.69. The van der Waals surface area contributed by atoms with Gasteiger partial charge in [-0.1, -0.05) is 90.4 Å². The summed E-state index contributed by atoms with van der Waals surface area (Å²) in [5.74, 6) is -0.737. The average molecular weight is 386 g/mol. The van der Waals surface area contributed by atoms with Gasteiger partial charge in [0.1, 0.15) is 0 Å². The minimum Gasteiger partial charge on any atom is -0.480 e. The predicted octanol–water partition coefficient (Wildman–Crippen LogP) is 4.40. The lowest BCUT2D eigenvalue weighted by Crippen LogP contribution is -2.37. The first kappa shape index (κ1) is 26.4. The molecule has 0 saturated carbocycles. The van der Waals surface area contributed by atoms with Crippen molar-refractivity contribution in [2.24, 2.45) is 5.73 Å². The van der Waals surface area contributed by atoms with E-state index in [2.05, 4.69) is 12.2 Å². The number of hydrogen-bond donors (Lipinski definition) is 3. The Morgan fingerprint density at radius 3 is 1.70 bits per heavy atom. The van der Waals surface area contributed by atoms with Gasteiger partial charge in [0, 0.05) is 26.2 Å². The number of rotatable bonds is 22. The minimum atomic E-state index is -0.737. The second kappa shape index (κ2) is 21.6. The lowest BCUT2D eigenvalue weighted by molar-refractivity contribution is -0.138. The van der Waals surface area contributed by atoms with Crippen LogP contribution in [0.2, 0.25) is 0 Å². The smallest absolute Gasteiger partial charge is 0.317 e. The number of carboxylic acid groups (broad SMARTS) is 1.